The van der Waals surface area contributed by atoms with Gasteiger partial charge in [0.1, 0.15) is 5.82 Å². The number of aromatic nitrogens is 3. The highest BCUT2D eigenvalue weighted by molar-refractivity contribution is 5.78. The average molecular weight is 390 g/mol. The largest absolute Gasteiger partial charge is 0.417 e. The third kappa shape index (κ3) is 3.91. The average Bonchev–Trinajstić information content (AvgIpc) is 3.05. The molecule has 0 radical (unpaired) electrons. The van der Waals surface area contributed by atoms with Crippen molar-refractivity contribution in [3.05, 3.63) is 64.3 Å². The van der Waals surface area contributed by atoms with Crippen molar-refractivity contribution >= 4 is 39.9 Å². The van der Waals surface area contributed by atoms with E-state index in [2.05, 4.69) is 49.5 Å². The monoisotopic (exact) mass is 390 g/mol. The number of hydrogen-bond acceptors (Lipinski definition) is 7. The SMILES string of the molecule is Cc1ccc(Nc2ncc(C)c(Nc3ccc4oc(=O)[nH]c4c3)n2)cc1N(C)C. The van der Waals surface area contributed by atoms with Crippen molar-refractivity contribution in [1.29, 1.82) is 0 Å². The van der Waals surface area contributed by atoms with Crippen molar-refractivity contribution in [3.63, 3.8) is 0 Å². The number of aryl methyl sites for hydroxylation is 2. The Hall–Kier alpha value is -3.81. The second kappa shape index (κ2) is 7.31. The molecule has 8 nitrogen and oxygen atoms in total. The molecular weight excluding hydrogens is 368 g/mol. The van der Waals surface area contributed by atoms with Crippen LogP contribution in [-0.2, 0) is 0 Å². The van der Waals surface area contributed by atoms with Gasteiger partial charge in [-0.2, -0.15) is 4.98 Å². The van der Waals surface area contributed by atoms with Gasteiger partial charge in [0.2, 0.25) is 5.95 Å². The molecule has 0 unspecified atom stereocenters. The summed E-state index contributed by atoms with van der Waals surface area (Å²) in [5.74, 6) is 0.689. The van der Waals surface area contributed by atoms with Gasteiger partial charge in [-0.3, -0.25) is 4.98 Å². The van der Waals surface area contributed by atoms with Crippen LogP contribution < -0.4 is 21.3 Å². The molecule has 0 amide bonds. The van der Waals surface area contributed by atoms with Gasteiger partial charge in [0.25, 0.3) is 0 Å². The zero-order chi connectivity index (χ0) is 20.5. The molecule has 2 heterocycles. The number of aromatic amines is 1. The number of nitrogens with one attached hydrogen (secondary N) is 3. The van der Waals surface area contributed by atoms with Crippen LogP contribution in [0, 0.1) is 13.8 Å². The zero-order valence-corrected chi connectivity index (χ0v) is 16.7. The molecule has 0 fully saturated rings. The van der Waals surface area contributed by atoms with Gasteiger partial charge in [0, 0.05) is 42.9 Å². The van der Waals surface area contributed by atoms with Crippen molar-refractivity contribution in [3.8, 4) is 0 Å². The number of oxazole rings is 1. The van der Waals surface area contributed by atoms with Gasteiger partial charge < -0.3 is 20.0 Å². The third-order valence-corrected chi connectivity index (χ3v) is 4.60. The summed E-state index contributed by atoms with van der Waals surface area (Å²) in [6.45, 7) is 4.01. The van der Waals surface area contributed by atoms with Crippen LogP contribution in [0.25, 0.3) is 11.1 Å². The van der Waals surface area contributed by atoms with E-state index in [0.717, 1.165) is 22.6 Å². The Morgan fingerprint density at radius 1 is 1.00 bits per heavy atom. The van der Waals surface area contributed by atoms with Gasteiger partial charge in [-0.1, -0.05) is 6.07 Å². The summed E-state index contributed by atoms with van der Waals surface area (Å²) in [6.07, 6.45) is 1.76. The van der Waals surface area contributed by atoms with Gasteiger partial charge >= 0.3 is 5.76 Å². The van der Waals surface area contributed by atoms with Crippen LogP contribution in [0.1, 0.15) is 11.1 Å². The lowest BCUT2D eigenvalue weighted by Crippen LogP contribution is -2.10. The summed E-state index contributed by atoms with van der Waals surface area (Å²) in [7, 11) is 4.03. The summed E-state index contributed by atoms with van der Waals surface area (Å²) in [5, 5.41) is 6.54. The van der Waals surface area contributed by atoms with Crippen molar-refractivity contribution in [2.75, 3.05) is 29.6 Å². The smallest absolute Gasteiger partial charge is 0.408 e. The number of benzene rings is 2. The Morgan fingerprint density at radius 3 is 2.55 bits per heavy atom. The lowest BCUT2D eigenvalue weighted by Gasteiger charge is -2.17. The standard InChI is InChI=1S/C21H22N6O2/c1-12-5-6-15(10-17(12)27(3)4)24-20-22-11-13(2)19(26-20)23-14-7-8-18-16(9-14)25-21(28)29-18/h5-11H,1-4H3,(H,25,28)(H2,22,23,24,26). The van der Waals surface area contributed by atoms with Crippen LogP contribution in [0.15, 0.2) is 51.8 Å². The molecule has 0 spiro atoms. The van der Waals surface area contributed by atoms with E-state index in [1.54, 1.807) is 18.3 Å². The summed E-state index contributed by atoms with van der Waals surface area (Å²) in [6, 6.07) is 11.5. The minimum Gasteiger partial charge on any atom is -0.408 e. The van der Waals surface area contributed by atoms with E-state index in [4.69, 9.17) is 4.42 Å². The van der Waals surface area contributed by atoms with Gasteiger partial charge in [-0.25, -0.2) is 9.78 Å². The molecule has 29 heavy (non-hydrogen) atoms. The molecule has 4 aromatic rings. The normalized spacial score (nSPS) is 10.9. The first-order valence-electron chi connectivity index (χ1n) is 9.17. The molecule has 148 valence electrons. The number of H-pyrrole nitrogens is 1. The molecule has 8 heteroatoms. The topological polar surface area (TPSA) is 99.1 Å². The lowest BCUT2D eigenvalue weighted by atomic mass is 10.1. The van der Waals surface area contributed by atoms with E-state index in [0.29, 0.717) is 22.9 Å². The minimum atomic E-state index is -0.475. The van der Waals surface area contributed by atoms with Crippen molar-refractivity contribution in [2.45, 2.75) is 13.8 Å². The Labute approximate surface area is 167 Å². The van der Waals surface area contributed by atoms with Crippen LogP contribution >= 0.6 is 0 Å². The van der Waals surface area contributed by atoms with Crippen LogP contribution in [0.5, 0.6) is 0 Å². The van der Waals surface area contributed by atoms with Crippen LogP contribution in [0.3, 0.4) is 0 Å². The summed E-state index contributed by atoms with van der Waals surface area (Å²) in [4.78, 5) is 25.1. The molecule has 0 aliphatic rings. The Bertz CT molecular complexity index is 1240. The fraction of sp³-hybridized carbons (Fsp3) is 0.190. The molecule has 0 atom stereocenters. The molecule has 2 aromatic heterocycles. The second-order valence-electron chi connectivity index (χ2n) is 7.10. The van der Waals surface area contributed by atoms with E-state index in [1.807, 2.05) is 33.2 Å². The maximum Gasteiger partial charge on any atom is 0.417 e. The second-order valence-corrected chi connectivity index (χ2v) is 7.10. The van der Waals surface area contributed by atoms with Crippen LogP contribution in [-0.4, -0.2) is 29.0 Å². The third-order valence-electron chi connectivity index (χ3n) is 4.60. The first-order valence-corrected chi connectivity index (χ1v) is 9.17. The summed E-state index contributed by atoms with van der Waals surface area (Å²) in [5.41, 5.74) is 6.05. The molecule has 0 saturated carbocycles. The number of nitrogens with zero attached hydrogens (tertiary/aromatic N) is 3. The molecule has 0 saturated heterocycles. The maximum atomic E-state index is 11.3. The van der Waals surface area contributed by atoms with Crippen molar-refractivity contribution in [1.82, 2.24) is 15.0 Å². The number of rotatable bonds is 5. The molecule has 2 aromatic carbocycles. The number of fused-ring (bicyclic) bond motifs is 1. The summed E-state index contributed by atoms with van der Waals surface area (Å²) < 4.78 is 5.04. The summed E-state index contributed by atoms with van der Waals surface area (Å²) >= 11 is 0. The molecule has 0 aliphatic carbocycles. The van der Waals surface area contributed by atoms with Gasteiger partial charge in [-0.05, 0) is 49.7 Å². The lowest BCUT2D eigenvalue weighted by molar-refractivity contribution is 0.555. The molecular formula is C21H22N6O2. The predicted octanol–water partition coefficient (Wildman–Crippen LogP) is 4.08. The minimum absolute atomic E-state index is 0.475. The Balaban J connectivity index is 1.60. The molecule has 0 aliphatic heterocycles. The fourth-order valence-corrected chi connectivity index (χ4v) is 3.09. The van der Waals surface area contributed by atoms with Gasteiger partial charge in [0.05, 0.1) is 5.52 Å². The molecule has 3 N–H and O–H groups in total. The van der Waals surface area contributed by atoms with Crippen LogP contribution in [0.2, 0.25) is 0 Å². The van der Waals surface area contributed by atoms with Gasteiger partial charge in [-0.15, -0.1) is 0 Å². The van der Waals surface area contributed by atoms with E-state index in [9.17, 15) is 4.79 Å². The van der Waals surface area contributed by atoms with Crippen LogP contribution in [0.4, 0.5) is 28.8 Å². The molecule has 0 bridgehead atoms. The first kappa shape index (κ1) is 18.5. The van der Waals surface area contributed by atoms with E-state index < -0.39 is 5.76 Å². The van der Waals surface area contributed by atoms with Crippen molar-refractivity contribution in [2.24, 2.45) is 0 Å². The van der Waals surface area contributed by atoms with E-state index >= 15 is 0 Å². The van der Waals surface area contributed by atoms with Gasteiger partial charge in [0.15, 0.2) is 5.58 Å². The highest BCUT2D eigenvalue weighted by atomic mass is 16.4. The molecule has 4 rings (SSSR count). The Kier molecular flexibility index (Phi) is 4.67. The van der Waals surface area contributed by atoms with E-state index in [-0.39, 0.29) is 0 Å². The zero-order valence-electron chi connectivity index (χ0n) is 16.7. The Morgan fingerprint density at radius 2 is 1.76 bits per heavy atom. The fourth-order valence-electron chi connectivity index (χ4n) is 3.09. The highest BCUT2D eigenvalue weighted by Crippen LogP contribution is 2.26. The highest BCUT2D eigenvalue weighted by Gasteiger charge is 2.08. The quantitative estimate of drug-likeness (QED) is 0.472. The predicted molar refractivity (Wildman–Crippen MR) is 116 cm³/mol. The van der Waals surface area contributed by atoms with Crippen molar-refractivity contribution < 1.29 is 4.42 Å². The van der Waals surface area contributed by atoms with E-state index in [1.165, 1.54) is 5.56 Å². The maximum absolute atomic E-state index is 11.3. The number of anilines is 5. The first-order chi connectivity index (χ1) is 13.9. The number of hydrogen-bond donors (Lipinski definition) is 3.